The van der Waals surface area contributed by atoms with Crippen LogP contribution < -0.4 is 0 Å². The summed E-state index contributed by atoms with van der Waals surface area (Å²) < 4.78 is 0.537. The average Bonchev–Trinajstić information content (AvgIpc) is 2.55. The number of hydrogen-bond acceptors (Lipinski definition) is 5. The second-order valence-corrected chi connectivity index (χ2v) is 6.03. The molecule has 1 aromatic rings. The fourth-order valence-electron chi connectivity index (χ4n) is 2.13. The SMILES string of the molecule is CC1CN(C)CCCN1Cc1nnc(Cl)s1. The molecule has 0 amide bonds. The molecule has 1 unspecified atom stereocenters. The molecule has 0 radical (unpaired) electrons. The van der Waals surface area contributed by atoms with Gasteiger partial charge in [-0.3, -0.25) is 4.90 Å². The normalized spacial score (nSPS) is 24.6. The van der Waals surface area contributed by atoms with Gasteiger partial charge in [-0.25, -0.2) is 0 Å². The third-order valence-corrected chi connectivity index (χ3v) is 3.97. The molecule has 4 nitrogen and oxygen atoms in total. The first-order valence-corrected chi connectivity index (χ1v) is 6.75. The molecule has 6 heteroatoms. The molecule has 0 saturated carbocycles. The maximum Gasteiger partial charge on any atom is 0.207 e. The van der Waals surface area contributed by atoms with E-state index in [2.05, 4.69) is 34.0 Å². The summed E-state index contributed by atoms with van der Waals surface area (Å²) in [7, 11) is 2.18. The third kappa shape index (κ3) is 3.13. The van der Waals surface area contributed by atoms with Gasteiger partial charge in [-0.1, -0.05) is 11.3 Å². The minimum atomic E-state index is 0.537. The summed E-state index contributed by atoms with van der Waals surface area (Å²) in [6.45, 7) is 6.57. The van der Waals surface area contributed by atoms with Crippen LogP contribution in [0.4, 0.5) is 0 Å². The summed E-state index contributed by atoms with van der Waals surface area (Å²) in [4.78, 5) is 4.85. The summed E-state index contributed by atoms with van der Waals surface area (Å²) in [6, 6.07) is 0.565. The molecule has 16 heavy (non-hydrogen) atoms. The Labute approximate surface area is 105 Å². The van der Waals surface area contributed by atoms with Crippen LogP contribution in [0, 0.1) is 0 Å². The minimum Gasteiger partial charge on any atom is -0.305 e. The predicted octanol–water partition coefficient (Wildman–Crippen LogP) is 1.72. The molecule has 0 spiro atoms. The molecule has 2 rings (SSSR count). The molecule has 2 heterocycles. The molecule has 1 aromatic heterocycles. The number of rotatable bonds is 2. The van der Waals surface area contributed by atoms with Crippen molar-refractivity contribution >= 4 is 22.9 Å². The van der Waals surface area contributed by atoms with Gasteiger partial charge in [-0.2, -0.15) is 0 Å². The first-order chi connectivity index (χ1) is 7.65. The lowest BCUT2D eigenvalue weighted by Crippen LogP contribution is -2.37. The Hall–Kier alpha value is -0.230. The smallest absolute Gasteiger partial charge is 0.207 e. The Morgan fingerprint density at radius 2 is 2.25 bits per heavy atom. The summed E-state index contributed by atoms with van der Waals surface area (Å²) in [5.74, 6) is 0. The Morgan fingerprint density at radius 3 is 2.94 bits per heavy atom. The number of nitrogens with zero attached hydrogens (tertiary/aromatic N) is 4. The second-order valence-electron chi connectivity index (χ2n) is 4.38. The van der Waals surface area contributed by atoms with E-state index in [4.69, 9.17) is 11.6 Å². The Kier molecular flexibility index (Phi) is 4.13. The lowest BCUT2D eigenvalue weighted by molar-refractivity contribution is 0.194. The third-order valence-electron chi connectivity index (χ3n) is 2.96. The number of hydrogen-bond donors (Lipinski definition) is 0. The number of likely N-dealkylation sites (N-methyl/N-ethyl adjacent to an activating group) is 1. The fourth-order valence-corrected chi connectivity index (χ4v) is 3.02. The molecular formula is C10H17ClN4S. The number of halogens is 1. The zero-order valence-electron chi connectivity index (χ0n) is 9.69. The maximum atomic E-state index is 5.79. The van der Waals surface area contributed by atoms with Gasteiger partial charge in [0.2, 0.25) is 4.47 Å². The van der Waals surface area contributed by atoms with Gasteiger partial charge in [0.25, 0.3) is 0 Å². The largest absolute Gasteiger partial charge is 0.305 e. The van der Waals surface area contributed by atoms with E-state index in [-0.39, 0.29) is 0 Å². The standard InChI is InChI=1S/C10H17ClN4S/c1-8-6-14(2)4-3-5-15(8)7-9-12-13-10(11)16-9/h8H,3-7H2,1-2H3. The van der Waals surface area contributed by atoms with Gasteiger partial charge in [0.1, 0.15) is 5.01 Å². The Balaban J connectivity index is 1.97. The highest BCUT2D eigenvalue weighted by atomic mass is 35.5. The van der Waals surface area contributed by atoms with Crippen LogP contribution in [0.25, 0.3) is 0 Å². The van der Waals surface area contributed by atoms with Crippen LogP contribution in [0.1, 0.15) is 18.4 Å². The first kappa shape index (κ1) is 12.2. The summed E-state index contributed by atoms with van der Waals surface area (Å²) in [5, 5.41) is 8.93. The van der Waals surface area contributed by atoms with E-state index in [1.54, 1.807) is 0 Å². The Morgan fingerprint density at radius 1 is 1.44 bits per heavy atom. The predicted molar refractivity (Wildman–Crippen MR) is 66.9 cm³/mol. The van der Waals surface area contributed by atoms with Gasteiger partial charge in [0.15, 0.2) is 0 Å². The highest BCUT2D eigenvalue weighted by Crippen LogP contribution is 2.19. The summed E-state index contributed by atoms with van der Waals surface area (Å²) >= 11 is 7.27. The zero-order valence-corrected chi connectivity index (χ0v) is 11.3. The average molecular weight is 261 g/mol. The van der Waals surface area contributed by atoms with Crippen molar-refractivity contribution < 1.29 is 0 Å². The second kappa shape index (κ2) is 5.40. The Bertz CT molecular complexity index is 343. The summed E-state index contributed by atoms with van der Waals surface area (Å²) in [6.07, 6.45) is 1.22. The lowest BCUT2D eigenvalue weighted by atomic mass is 10.3. The van der Waals surface area contributed by atoms with Crippen molar-refractivity contribution in [1.29, 1.82) is 0 Å². The van der Waals surface area contributed by atoms with E-state index in [1.165, 1.54) is 24.3 Å². The van der Waals surface area contributed by atoms with Crippen molar-refractivity contribution in [3.63, 3.8) is 0 Å². The molecule has 0 bridgehead atoms. The van der Waals surface area contributed by atoms with Crippen molar-refractivity contribution in [2.45, 2.75) is 25.9 Å². The van der Waals surface area contributed by atoms with Crippen LogP contribution in [-0.4, -0.2) is 52.7 Å². The fraction of sp³-hybridized carbons (Fsp3) is 0.800. The van der Waals surface area contributed by atoms with Crippen LogP contribution in [0.3, 0.4) is 0 Å². The van der Waals surface area contributed by atoms with E-state index in [1.807, 2.05) is 0 Å². The van der Waals surface area contributed by atoms with Crippen molar-refractivity contribution in [2.24, 2.45) is 0 Å². The molecule has 1 fully saturated rings. The highest BCUT2D eigenvalue weighted by molar-refractivity contribution is 7.15. The van der Waals surface area contributed by atoms with Gasteiger partial charge >= 0.3 is 0 Å². The van der Waals surface area contributed by atoms with Crippen molar-refractivity contribution in [2.75, 3.05) is 26.7 Å². The quantitative estimate of drug-likeness (QED) is 0.811. The minimum absolute atomic E-state index is 0.537. The van der Waals surface area contributed by atoms with Gasteiger partial charge < -0.3 is 4.90 Å². The van der Waals surface area contributed by atoms with E-state index in [0.717, 1.165) is 24.6 Å². The summed E-state index contributed by atoms with van der Waals surface area (Å²) in [5.41, 5.74) is 0. The molecule has 1 aliphatic heterocycles. The van der Waals surface area contributed by atoms with E-state index >= 15 is 0 Å². The van der Waals surface area contributed by atoms with Crippen molar-refractivity contribution in [3.05, 3.63) is 9.47 Å². The van der Waals surface area contributed by atoms with E-state index in [0.29, 0.717) is 10.5 Å². The lowest BCUT2D eigenvalue weighted by Gasteiger charge is -2.26. The topological polar surface area (TPSA) is 32.3 Å². The van der Waals surface area contributed by atoms with E-state index in [9.17, 15) is 0 Å². The van der Waals surface area contributed by atoms with Gasteiger partial charge in [0.05, 0.1) is 6.54 Å². The highest BCUT2D eigenvalue weighted by Gasteiger charge is 2.20. The van der Waals surface area contributed by atoms with Crippen LogP contribution in [0.15, 0.2) is 0 Å². The molecular weight excluding hydrogens is 244 g/mol. The van der Waals surface area contributed by atoms with Gasteiger partial charge in [-0.15, -0.1) is 10.2 Å². The van der Waals surface area contributed by atoms with Gasteiger partial charge in [-0.05, 0) is 38.5 Å². The maximum absolute atomic E-state index is 5.79. The number of aromatic nitrogens is 2. The molecule has 1 atom stereocenters. The zero-order chi connectivity index (χ0) is 11.5. The van der Waals surface area contributed by atoms with Crippen molar-refractivity contribution in [3.8, 4) is 0 Å². The monoisotopic (exact) mass is 260 g/mol. The van der Waals surface area contributed by atoms with Crippen LogP contribution in [-0.2, 0) is 6.54 Å². The molecule has 1 aliphatic rings. The molecule has 90 valence electrons. The molecule has 0 N–H and O–H groups in total. The van der Waals surface area contributed by atoms with Crippen LogP contribution >= 0.6 is 22.9 Å². The molecule has 0 aliphatic carbocycles. The van der Waals surface area contributed by atoms with Crippen LogP contribution in [0.2, 0.25) is 4.47 Å². The first-order valence-electron chi connectivity index (χ1n) is 5.55. The van der Waals surface area contributed by atoms with Crippen LogP contribution in [0.5, 0.6) is 0 Å². The van der Waals surface area contributed by atoms with Crippen molar-refractivity contribution in [1.82, 2.24) is 20.0 Å². The van der Waals surface area contributed by atoms with E-state index < -0.39 is 0 Å². The van der Waals surface area contributed by atoms with Gasteiger partial charge in [0, 0.05) is 19.1 Å². The molecule has 0 aromatic carbocycles. The molecule has 1 saturated heterocycles.